The van der Waals surface area contributed by atoms with Crippen LogP contribution in [0.2, 0.25) is 0 Å². The fourth-order valence-electron chi connectivity index (χ4n) is 4.00. The Balaban J connectivity index is 2.14. The zero-order valence-electron chi connectivity index (χ0n) is 14.3. The monoisotopic (exact) mass is 298 g/mol. The minimum absolute atomic E-state index is 1.10. The lowest BCUT2D eigenvalue weighted by atomic mass is 9.84. The van der Waals surface area contributed by atoms with Gasteiger partial charge < -0.3 is 0 Å². The molecule has 3 aromatic rings. The fraction of sp³-hybridized carbons (Fsp3) is 0.217. The van der Waals surface area contributed by atoms with Gasteiger partial charge in [-0.1, -0.05) is 54.1 Å². The van der Waals surface area contributed by atoms with Crippen LogP contribution < -0.4 is 0 Å². The van der Waals surface area contributed by atoms with Crippen molar-refractivity contribution in [3.8, 4) is 11.1 Å². The maximum absolute atomic E-state index is 2.39. The molecule has 114 valence electrons. The molecule has 0 bridgehead atoms. The summed E-state index contributed by atoms with van der Waals surface area (Å²) in [6.07, 6.45) is 3.49. The summed E-state index contributed by atoms with van der Waals surface area (Å²) >= 11 is 0. The summed E-state index contributed by atoms with van der Waals surface area (Å²) < 4.78 is 0. The number of benzene rings is 3. The summed E-state index contributed by atoms with van der Waals surface area (Å²) in [5.74, 6) is 0. The van der Waals surface area contributed by atoms with Gasteiger partial charge >= 0.3 is 0 Å². The molecule has 0 radical (unpaired) electrons. The van der Waals surface area contributed by atoms with E-state index < -0.39 is 0 Å². The second-order valence-electron chi connectivity index (χ2n) is 6.84. The molecule has 0 unspecified atom stereocenters. The van der Waals surface area contributed by atoms with E-state index in [1.165, 1.54) is 55.3 Å². The molecule has 0 aromatic heterocycles. The molecule has 0 spiro atoms. The van der Waals surface area contributed by atoms with Gasteiger partial charge in [0.25, 0.3) is 0 Å². The van der Waals surface area contributed by atoms with Crippen molar-refractivity contribution in [2.75, 3.05) is 0 Å². The lowest BCUT2D eigenvalue weighted by Gasteiger charge is -2.19. The van der Waals surface area contributed by atoms with Crippen LogP contribution in [0.3, 0.4) is 0 Å². The van der Waals surface area contributed by atoms with Gasteiger partial charge in [-0.25, -0.2) is 0 Å². The third-order valence-electron chi connectivity index (χ3n) is 5.45. The van der Waals surface area contributed by atoms with Crippen molar-refractivity contribution in [2.24, 2.45) is 0 Å². The number of rotatable bonds is 1. The molecule has 0 atom stereocenters. The van der Waals surface area contributed by atoms with Crippen LogP contribution in [0.5, 0.6) is 0 Å². The predicted molar refractivity (Wildman–Crippen MR) is 101 cm³/mol. The lowest BCUT2D eigenvalue weighted by Crippen LogP contribution is -2.00. The van der Waals surface area contributed by atoms with Crippen molar-refractivity contribution in [2.45, 2.75) is 34.1 Å². The first kappa shape index (κ1) is 14.3. The maximum Gasteiger partial charge on any atom is -0.00576 e. The summed E-state index contributed by atoms with van der Waals surface area (Å²) in [6.45, 7) is 9.08. The van der Waals surface area contributed by atoms with Crippen LogP contribution in [-0.4, -0.2) is 0 Å². The lowest BCUT2D eigenvalue weighted by molar-refractivity contribution is 1.13. The van der Waals surface area contributed by atoms with E-state index in [2.05, 4.69) is 76.2 Å². The predicted octanol–water partition coefficient (Wildman–Crippen LogP) is 6.39. The molecule has 0 nitrogen and oxygen atoms in total. The SMILES string of the molecule is CC1=Cc2c(c(C)c(C)c(C)c2-c2cccc3ccccc23)C1. The second-order valence-corrected chi connectivity index (χ2v) is 6.84. The highest BCUT2D eigenvalue weighted by atomic mass is 14.3. The van der Waals surface area contributed by atoms with Gasteiger partial charge in [0.2, 0.25) is 0 Å². The van der Waals surface area contributed by atoms with Gasteiger partial charge in [0, 0.05) is 0 Å². The minimum Gasteiger partial charge on any atom is -0.0683 e. The number of allylic oxidation sites excluding steroid dienone is 1. The van der Waals surface area contributed by atoms with Crippen molar-refractivity contribution in [1.82, 2.24) is 0 Å². The topological polar surface area (TPSA) is 0 Å². The van der Waals surface area contributed by atoms with Gasteiger partial charge in [-0.05, 0) is 83.8 Å². The van der Waals surface area contributed by atoms with E-state index in [4.69, 9.17) is 0 Å². The molecule has 23 heavy (non-hydrogen) atoms. The molecule has 4 rings (SSSR count). The Bertz CT molecular complexity index is 966. The van der Waals surface area contributed by atoms with E-state index in [1.54, 1.807) is 0 Å². The first-order chi connectivity index (χ1) is 11.1. The van der Waals surface area contributed by atoms with E-state index in [0.29, 0.717) is 0 Å². The van der Waals surface area contributed by atoms with Crippen molar-refractivity contribution < 1.29 is 0 Å². The summed E-state index contributed by atoms with van der Waals surface area (Å²) in [7, 11) is 0. The standard InChI is InChI=1S/C23H22/c1-14-12-21-16(3)15(2)17(4)23(22(21)13-14)20-11-7-9-18-8-5-6-10-19(18)20/h5-11,13H,12H2,1-4H3. The van der Waals surface area contributed by atoms with E-state index in [-0.39, 0.29) is 0 Å². The molecule has 0 heteroatoms. The largest absolute Gasteiger partial charge is 0.0683 e. The average molecular weight is 298 g/mol. The normalized spacial score (nSPS) is 13.3. The Morgan fingerprint density at radius 1 is 0.739 bits per heavy atom. The van der Waals surface area contributed by atoms with Gasteiger partial charge in [0.1, 0.15) is 0 Å². The Kier molecular flexibility index (Phi) is 3.16. The zero-order valence-corrected chi connectivity index (χ0v) is 14.3. The molecular formula is C23H22. The Morgan fingerprint density at radius 3 is 2.30 bits per heavy atom. The molecule has 0 fully saturated rings. The van der Waals surface area contributed by atoms with Crippen molar-refractivity contribution in [1.29, 1.82) is 0 Å². The highest BCUT2D eigenvalue weighted by Gasteiger charge is 2.22. The molecule has 1 aliphatic rings. The quantitative estimate of drug-likeness (QED) is 0.488. The molecule has 1 aliphatic carbocycles. The summed E-state index contributed by atoms with van der Waals surface area (Å²) in [4.78, 5) is 0. The van der Waals surface area contributed by atoms with Gasteiger partial charge in [0.05, 0.1) is 0 Å². The number of hydrogen-bond donors (Lipinski definition) is 0. The maximum atomic E-state index is 2.39. The summed E-state index contributed by atoms with van der Waals surface area (Å²) in [5.41, 5.74) is 11.6. The minimum atomic E-state index is 1.10. The molecule has 0 N–H and O–H groups in total. The summed E-state index contributed by atoms with van der Waals surface area (Å²) in [6, 6.07) is 15.4. The van der Waals surface area contributed by atoms with Crippen molar-refractivity contribution >= 4 is 16.8 Å². The number of fused-ring (bicyclic) bond motifs is 2. The van der Waals surface area contributed by atoms with Gasteiger partial charge in [-0.3, -0.25) is 0 Å². The van der Waals surface area contributed by atoms with Crippen molar-refractivity contribution in [3.05, 3.63) is 75.9 Å². The van der Waals surface area contributed by atoms with Crippen LogP contribution in [0, 0.1) is 20.8 Å². The highest BCUT2D eigenvalue weighted by Crippen LogP contribution is 2.42. The fourth-order valence-corrected chi connectivity index (χ4v) is 4.00. The van der Waals surface area contributed by atoms with Crippen LogP contribution in [0.25, 0.3) is 28.0 Å². The van der Waals surface area contributed by atoms with Gasteiger partial charge in [-0.15, -0.1) is 0 Å². The average Bonchev–Trinajstić information content (AvgIpc) is 2.95. The molecule has 0 amide bonds. The van der Waals surface area contributed by atoms with Crippen LogP contribution in [-0.2, 0) is 6.42 Å². The van der Waals surface area contributed by atoms with Gasteiger partial charge in [-0.2, -0.15) is 0 Å². The first-order valence-electron chi connectivity index (χ1n) is 8.36. The van der Waals surface area contributed by atoms with Crippen LogP contribution >= 0.6 is 0 Å². The Hall–Kier alpha value is -2.34. The Morgan fingerprint density at radius 2 is 1.48 bits per heavy atom. The highest BCUT2D eigenvalue weighted by molar-refractivity contribution is 6.00. The zero-order chi connectivity index (χ0) is 16.1. The smallest absolute Gasteiger partial charge is 0.00576 e. The third-order valence-corrected chi connectivity index (χ3v) is 5.45. The van der Waals surface area contributed by atoms with Gasteiger partial charge in [0.15, 0.2) is 0 Å². The van der Waals surface area contributed by atoms with Crippen molar-refractivity contribution in [3.63, 3.8) is 0 Å². The van der Waals surface area contributed by atoms with E-state index in [0.717, 1.165) is 6.42 Å². The van der Waals surface area contributed by atoms with E-state index in [9.17, 15) is 0 Å². The molecule has 0 aliphatic heterocycles. The molecule has 0 saturated heterocycles. The van der Waals surface area contributed by atoms with E-state index >= 15 is 0 Å². The van der Waals surface area contributed by atoms with E-state index in [1.807, 2.05) is 0 Å². The molecule has 0 heterocycles. The molecular weight excluding hydrogens is 276 g/mol. The van der Waals surface area contributed by atoms with Crippen LogP contribution in [0.4, 0.5) is 0 Å². The Labute approximate surface area is 138 Å². The molecule has 0 saturated carbocycles. The first-order valence-corrected chi connectivity index (χ1v) is 8.36. The van der Waals surface area contributed by atoms with Crippen LogP contribution in [0.1, 0.15) is 34.7 Å². The summed E-state index contributed by atoms with van der Waals surface area (Å²) in [5, 5.41) is 2.66. The third kappa shape index (κ3) is 2.05. The number of hydrogen-bond acceptors (Lipinski definition) is 0. The van der Waals surface area contributed by atoms with Crippen LogP contribution in [0.15, 0.2) is 48.0 Å². The molecule has 3 aromatic carbocycles. The second kappa shape index (κ2) is 5.09.